The highest BCUT2D eigenvalue weighted by Crippen LogP contribution is 2.46. The number of nitro benzene ring substituents is 1. The van der Waals surface area contributed by atoms with Crippen LogP contribution in [0.3, 0.4) is 0 Å². The highest BCUT2D eigenvalue weighted by Gasteiger charge is 2.42. The van der Waals surface area contributed by atoms with Crippen molar-refractivity contribution in [2.45, 2.75) is 38.5 Å². The maximum absolute atomic E-state index is 13.8. The average molecular weight is 537 g/mol. The van der Waals surface area contributed by atoms with Crippen LogP contribution >= 0.6 is 0 Å². The van der Waals surface area contributed by atoms with E-state index in [1.807, 2.05) is 25.1 Å². The van der Waals surface area contributed by atoms with Gasteiger partial charge in [0.15, 0.2) is 17.3 Å². The number of nitrogens with zero attached hydrogens (tertiary/aromatic N) is 1. The first-order chi connectivity index (χ1) is 18.8. The molecule has 1 heterocycles. The van der Waals surface area contributed by atoms with Crippen LogP contribution in [0.5, 0.6) is 11.5 Å². The van der Waals surface area contributed by atoms with Crippen LogP contribution in [0.25, 0.3) is 0 Å². The van der Waals surface area contributed by atoms with E-state index in [1.54, 1.807) is 33.3 Å². The summed E-state index contributed by atoms with van der Waals surface area (Å²) in [6.45, 7) is 4.37. The highest BCUT2D eigenvalue weighted by molar-refractivity contribution is 6.04. The Morgan fingerprint density at radius 2 is 1.82 bits per heavy atom. The fraction of sp³-hybridized carbons (Fsp3) is 0.379. The molecule has 0 aromatic heterocycles. The molecule has 2 atom stereocenters. The minimum atomic E-state index is -0.806. The van der Waals surface area contributed by atoms with Crippen molar-refractivity contribution < 1.29 is 33.5 Å². The standard InChI is InChI=1S/C29H32N2O8/c1-5-38-11-12-39-29(33)26-17(2)30-22-14-20(18-9-10-24(36-3)25(16-18)37-4)15-23(32)28(22)27(26)19-7-6-8-21(13-19)31(34)35/h6-10,13,16,20,27,30H,5,11-12,14-15H2,1-4H3/t20-,27-/m1/s1. The molecule has 0 bridgehead atoms. The van der Waals surface area contributed by atoms with Gasteiger partial charge in [0.25, 0.3) is 5.69 Å². The summed E-state index contributed by atoms with van der Waals surface area (Å²) >= 11 is 0. The Morgan fingerprint density at radius 3 is 2.51 bits per heavy atom. The normalized spacial score (nSPS) is 18.8. The molecule has 0 saturated carbocycles. The smallest absolute Gasteiger partial charge is 0.336 e. The maximum atomic E-state index is 13.8. The van der Waals surface area contributed by atoms with Crippen LogP contribution in [0.4, 0.5) is 5.69 Å². The Bertz CT molecular complexity index is 1350. The van der Waals surface area contributed by atoms with Crippen molar-refractivity contribution in [3.8, 4) is 11.5 Å². The molecular formula is C29H32N2O8. The minimum Gasteiger partial charge on any atom is -0.493 e. The molecule has 39 heavy (non-hydrogen) atoms. The number of methoxy groups -OCH3 is 2. The van der Waals surface area contributed by atoms with Gasteiger partial charge >= 0.3 is 5.97 Å². The number of nitro groups is 1. The number of hydrogen-bond acceptors (Lipinski definition) is 9. The molecule has 206 valence electrons. The number of carbonyl (C=O) groups excluding carboxylic acids is 2. The van der Waals surface area contributed by atoms with Crippen molar-refractivity contribution in [3.63, 3.8) is 0 Å². The molecule has 0 fully saturated rings. The second-order valence-electron chi connectivity index (χ2n) is 9.32. The maximum Gasteiger partial charge on any atom is 0.336 e. The van der Waals surface area contributed by atoms with Gasteiger partial charge < -0.3 is 24.3 Å². The molecule has 1 N–H and O–H groups in total. The summed E-state index contributed by atoms with van der Waals surface area (Å²) in [6, 6.07) is 11.6. The van der Waals surface area contributed by atoms with Crippen LogP contribution in [0.2, 0.25) is 0 Å². The molecule has 2 aromatic rings. The Morgan fingerprint density at radius 1 is 1.05 bits per heavy atom. The number of ketones is 1. The van der Waals surface area contributed by atoms with Crippen molar-refractivity contribution in [1.29, 1.82) is 0 Å². The van der Waals surface area contributed by atoms with Gasteiger partial charge in [-0.3, -0.25) is 14.9 Å². The molecule has 0 radical (unpaired) electrons. The van der Waals surface area contributed by atoms with E-state index in [-0.39, 0.29) is 42.6 Å². The van der Waals surface area contributed by atoms with Crippen LogP contribution in [-0.2, 0) is 19.1 Å². The number of benzene rings is 2. The number of ether oxygens (including phenoxy) is 4. The van der Waals surface area contributed by atoms with Gasteiger partial charge in [-0.05, 0) is 49.4 Å². The summed E-state index contributed by atoms with van der Waals surface area (Å²) in [5.74, 6) is -0.524. The summed E-state index contributed by atoms with van der Waals surface area (Å²) in [5, 5.41) is 14.8. The van der Waals surface area contributed by atoms with Gasteiger partial charge in [0.05, 0.1) is 31.3 Å². The molecule has 0 spiro atoms. The molecule has 10 nitrogen and oxygen atoms in total. The lowest BCUT2D eigenvalue weighted by Gasteiger charge is -2.36. The third kappa shape index (κ3) is 5.80. The van der Waals surface area contributed by atoms with Crippen LogP contribution in [0, 0.1) is 10.1 Å². The Kier molecular flexibility index (Phi) is 8.65. The summed E-state index contributed by atoms with van der Waals surface area (Å²) in [5.41, 5.74) is 3.18. The number of dihydropyridines is 1. The van der Waals surface area contributed by atoms with Gasteiger partial charge in [-0.15, -0.1) is 0 Å². The first-order valence-corrected chi connectivity index (χ1v) is 12.7. The fourth-order valence-corrected chi connectivity index (χ4v) is 5.22. The van der Waals surface area contributed by atoms with Crippen LogP contribution in [0.1, 0.15) is 49.7 Å². The average Bonchev–Trinajstić information content (AvgIpc) is 2.93. The summed E-state index contributed by atoms with van der Waals surface area (Å²) < 4.78 is 21.6. The second-order valence-corrected chi connectivity index (χ2v) is 9.32. The van der Waals surface area contributed by atoms with Crippen molar-refractivity contribution in [3.05, 3.63) is 86.2 Å². The quantitative estimate of drug-likeness (QED) is 0.201. The SMILES string of the molecule is CCOCCOC(=O)C1=C(C)NC2=C(C(=O)C[C@H](c3ccc(OC)c(OC)c3)C2)[C@@H]1c1cccc([N+](=O)[O-])c1. The number of rotatable bonds is 10. The lowest BCUT2D eigenvalue weighted by molar-refractivity contribution is -0.384. The number of esters is 1. The van der Waals surface area contributed by atoms with E-state index in [2.05, 4.69) is 5.32 Å². The lowest BCUT2D eigenvalue weighted by Crippen LogP contribution is -2.36. The third-order valence-electron chi connectivity index (χ3n) is 7.01. The van der Waals surface area contributed by atoms with E-state index in [4.69, 9.17) is 18.9 Å². The van der Waals surface area contributed by atoms with E-state index in [0.29, 0.717) is 47.1 Å². The summed E-state index contributed by atoms with van der Waals surface area (Å²) in [4.78, 5) is 38.1. The van der Waals surface area contributed by atoms with Crippen LogP contribution in [-0.4, -0.2) is 50.7 Å². The number of Topliss-reactive ketones (excluding diaryl/α,β-unsaturated/α-hetero) is 1. The number of hydrogen-bond donors (Lipinski definition) is 1. The molecule has 0 unspecified atom stereocenters. The monoisotopic (exact) mass is 536 g/mol. The minimum absolute atomic E-state index is 0.0480. The van der Waals surface area contributed by atoms with Crippen molar-refractivity contribution in [2.24, 2.45) is 0 Å². The molecule has 0 amide bonds. The van der Waals surface area contributed by atoms with E-state index in [9.17, 15) is 19.7 Å². The fourth-order valence-electron chi connectivity index (χ4n) is 5.22. The van der Waals surface area contributed by atoms with Gasteiger partial charge in [-0.1, -0.05) is 18.2 Å². The number of nitrogens with one attached hydrogen (secondary N) is 1. The predicted molar refractivity (Wildman–Crippen MR) is 143 cm³/mol. The second kappa shape index (κ2) is 12.1. The molecule has 1 aliphatic carbocycles. The van der Waals surface area contributed by atoms with E-state index >= 15 is 0 Å². The molecule has 2 aromatic carbocycles. The highest BCUT2D eigenvalue weighted by atomic mass is 16.6. The molecule has 1 aliphatic heterocycles. The van der Waals surface area contributed by atoms with Gasteiger partial charge in [0.1, 0.15) is 6.61 Å². The zero-order valence-electron chi connectivity index (χ0n) is 22.4. The molecule has 0 saturated heterocycles. The van der Waals surface area contributed by atoms with Gasteiger partial charge in [-0.2, -0.15) is 0 Å². The van der Waals surface area contributed by atoms with Crippen molar-refractivity contribution in [1.82, 2.24) is 5.32 Å². The summed E-state index contributed by atoms with van der Waals surface area (Å²) in [7, 11) is 3.12. The summed E-state index contributed by atoms with van der Waals surface area (Å²) in [6.07, 6.45) is 0.707. The van der Waals surface area contributed by atoms with Gasteiger partial charge in [-0.25, -0.2) is 4.79 Å². The van der Waals surface area contributed by atoms with E-state index in [0.717, 1.165) is 5.56 Å². The van der Waals surface area contributed by atoms with Crippen molar-refractivity contribution in [2.75, 3.05) is 34.0 Å². The molecule has 10 heteroatoms. The molecule has 2 aliphatic rings. The van der Waals surface area contributed by atoms with E-state index in [1.165, 1.54) is 12.1 Å². The zero-order chi connectivity index (χ0) is 28.1. The van der Waals surface area contributed by atoms with Crippen LogP contribution < -0.4 is 14.8 Å². The Hall–Kier alpha value is -4.18. The molecular weight excluding hydrogens is 504 g/mol. The largest absolute Gasteiger partial charge is 0.493 e. The Balaban J connectivity index is 1.75. The van der Waals surface area contributed by atoms with Gasteiger partial charge in [0.2, 0.25) is 0 Å². The first kappa shape index (κ1) is 27.8. The third-order valence-corrected chi connectivity index (χ3v) is 7.01. The Labute approximate surface area is 226 Å². The number of non-ortho nitro benzene ring substituents is 1. The van der Waals surface area contributed by atoms with Crippen molar-refractivity contribution >= 4 is 17.4 Å². The van der Waals surface area contributed by atoms with Gasteiger partial charge in [0, 0.05) is 48.0 Å². The predicted octanol–water partition coefficient (Wildman–Crippen LogP) is 4.55. The van der Waals surface area contributed by atoms with E-state index < -0.39 is 16.8 Å². The first-order valence-electron chi connectivity index (χ1n) is 12.7. The lowest BCUT2D eigenvalue weighted by atomic mass is 9.71. The number of carbonyl (C=O) groups is 2. The topological polar surface area (TPSA) is 126 Å². The zero-order valence-corrected chi connectivity index (χ0v) is 22.4. The van der Waals surface area contributed by atoms with Crippen LogP contribution in [0.15, 0.2) is 65.0 Å². The molecule has 4 rings (SSSR count). The number of allylic oxidation sites excluding steroid dienone is 3.